The van der Waals surface area contributed by atoms with Gasteiger partial charge in [-0.05, 0) is 40.2 Å². The maximum atomic E-state index is 11.7. The summed E-state index contributed by atoms with van der Waals surface area (Å²) in [6.07, 6.45) is 4.01. The van der Waals surface area contributed by atoms with Gasteiger partial charge in [0.05, 0.1) is 10.5 Å². The number of hydrogen-bond donors (Lipinski definition) is 0. The van der Waals surface area contributed by atoms with Crippen molar-refractivity contribution in [3.05, 3.63) is 69.0 Å². The summed E-state index contributed by atoms with van der Waals surface area (Å²) in [4.78, 5) is 25.9. The maximum absolute atomic E-state index is 11.7. The van der Waals surface area contributed by atoms with Crippen LogP contribution in [0.1, 0.15) is 5.56 Å². The van der Waals surface area contributed by atoms with Crippen molar-refractivity contribution in [3.63, 3.8) is 0 Å². The minimum atomic E-state index is -0.651. The summed E-state index contributed by atoms with van der Waals surface area (Å²) >= 11 is 3.15. The zero-order valence-corrected chi connectivity index (χ0v) is 12.2. The van der Waals surface area contributed by atoms with Crippen LogP contribution in [0.25, 0.3) is 6.08 Å². The number of benzene rings is 1. The monoisotopic (exact) mass is 348 g/mol. The van der Waals surface area contributed by atoms with Gasteiger partial charge in [0.2, 0.25) is 0 Å². The summed E-state index contributed by atoms with van der Waals surface area (Å²) < 4.78 is 5.46. The number of nitro groups is 1. The van der Waals surface area contributed by atoms with E-state index in [0.717, 1.165) is 6.08 Å². The number of carbonyl (C=O) groups is 1. The Hall–Kier alpha value is -2.54. The van der Waals surface area contributed by atoms with Crippen molar-refractivity contribution in [1.82, 2.24) is 4.98 Å². The second kappa shape index (κ2) is 6.76. The van der Waals surface area contributed by atoms with Gasteiger partial charge in [-0.2, -0.15) is 0 Å². The molecule has 0 aliphatic carbocycles. The molecule has 0 radical (unpaired) electrons. The summed E-state index contributed by atoms with van der Waals surface area (Å²) in [7, 11) is 0. The highest BCUT2D eigenvalue weighted by atomic mass is 79.9. The van der Waals surface area contributed by atoms with Crippen molar-refractivity contribution >= 4 is 33.7 Å². The van der Waals surface area contributed by atoms with Crippen molar-refractivity contribution in [2.75, 3.05) is 0 Å². The Bertz CT molecular complexity index is 716. The summed E-state index contributed by atoms with van der Waals surface area (Å²) in [5.74, 6) is -0.378. The highest BCUT2D eigenvalue weighted by molar-refractivity contribution is 9.10. The van der Waals surface area contributed by atoms with Crippen LogP contribution in [-0.4, -0.2) is 15.9 Å². The molecule has 0 bridgehead atoms. The zero-order chi connectivity index (χ0) is 15.2. The third kappa shape index (κ3) is 3.96. The average Bonchev–Trinajstić information content (AvgIpc) is 2.48. The van der Waals surface area contributed by atoms with E-state index in [2.05, 4.69) is 20.9 Å². The van der Waals surface area contributed by atoms with Gasteiger partial charge in [0, 0.05) is 18.3 Å². The van der Waals surface area contributed by atoms with Gasteiger partial charge in [0.15, 0.2) is 5.75 Å². The average molecular weight is 349 g/mol. The molecule has 0 saturated carbocycles. The molecule has 1 heterocycles. The molecule has 106 valence electrons. The lowest BCUT2D eigenvalue weighted by Gasteiger charge is -2.02. The van der Waals surface area contributed by atoms with Crippen molar-refractivity contribution in [3.8, 4) is 5.75 Å². The van der Waals surface area contributed by atoms with E-state index in [1.807, 2.05) is 0 Å². The van der Waals surface area contributed by atoms with Crippen LogP contribution in [0.5, 0.6) is 5.75 Å². The number of nitro benzene ring substituents is 1. The molecule has 21 heavy (non-hydrogen) atoms. The molecule has 6 nitrogen and oxygen atoms in total. The lowest BCUT2D eigenvalue weighted by atomic mass is 10.1. The highest BCUT2D eigenvalue weighted by Gasteiger charge is 2.10. The number of pyridine rings is 1. The van der Waals surface area contributed by atoms with Crippen molar-refractivity contribution < 1.29 is 14.5 Å². The van der Waals surface area contributed by atoms with Crippen molar-refractivity contribution in [2.24, 2.45) is 0 Å². The molecule has 0 amide bonds. The molecule has 0 saturated heterocycles. The molecule has 0 aliphatic rings. The third-order valence-corrected chi connectivity index (χ3v) is 3.06. The molecule has 1 aromatic heterocycles. The molecule has 0 fully saturated rings. The van der Waals surface area contributed by atoms with E-state index in [1.165, 1.54) is 12.1 Å². The molecule has 0 atom stereocenters. The molecule has 0 N–H and O–H groups in total. The van der Waals surface area contributed by atoms with Crippen molar-refractivity contribution in [1.29, 1.82) is 0 Å². The van der Waals surface area contributed by atoms with Crippen LogP contribution in [0.4, 0.5) is 5.69 Å². The van der Waals surface area contributed by atoms with E-state index >= 15 is 0 Å². The number of carbonyl (C=O) groups excluding carboxylic acids is 1. The normalized spacial score (nSPS) is 10.5. The predicted molar refractivity (Wildman–Crippen MR) is 79.7 cm³/mol. The Morgan fingerprint density at radius 1 is 1.29 bits per heavy atom. The van der Waals surface area contributed by atoms with Crippen LogP contribution in [-0.2, 0) is 4.79 Å². The molecule has 2 aromatic rings. The molecular weight excluding hydrogens is 340 g/mol. The topological polar surface area (TPSA) is 82.3 Å². The first-order chi connectivity index (χ1) is 10.1. The van der Waals surface area contributed by atoms with E-state index < -0.39 is 10.9 Å². The third-order valence-electron chi connectivity index (χ3n) is 2.47. The SMILES string of the molecule is O=C(C=Cc1ccccc1[N+](=O)[O-])Oc1cccnc1Br. The highest BCUT2D eigenvalue weighted by Crippen LogP contribution is 2.22. The first-order valence-corrected chi connectivity index (χ1v) is 6.61. The Morgan fingerprint density at radius 2 is 2.05 bits per heavy atom. The number of rotatable bonds is 4. The van der Waals surface area contributed by atoms with Crippen LogP contribution in [0.3, 0.4) is 0 Å². The molecule has 7 heteroatoms. The van der Waals surface area contributed by atoms with Crippen LogP contribution < -0.4 is 4.74 Å². The zero-order valence-electron chi connectivity index (χ0n) is 10.6. The van der Waals surface area contributed by atoms with Gasteiger partial charge in [-0.15, -0.1) is 0 Å². The molecule has 2 rings (SSSR count). The van der Waals surface area contributed by atoms with Crippen molar-refractivity contribution in [2.45, 2.75) is 0 Å². The number of ether oxygens (including phenoxy) is 1. The number of para-hydroxylation sites is 1. The van der Waals surface area contributed by atoms with Crippen LogP contribution in [0.15, 0.2) is 53.3 Å². The summed E-state index contributed by atoms with van der Waals surface area (Å²) in [5, 5.41) is 10.8. The lowest BCUT2D eigenvalue weighted by Crippen LogP contribution is -2.04. The van der Waals surface area contributed by atoms with Crippen LogP contribution >= 0.6 is 15.9 Å². The van der Waals surface area contributed by atoms with E-state index in [9.17, 15) is 14.9 Å². The number of hydrogen-bond acceptors (Lipinski definition) is 5. The second-order valence-electron chi connectivity index (χ2n) is 3.86. The molecule has 1 aromatic carbocycles. The van der Waals surface area contributed by atoms with Crippen LogP contribution in [0, 0.1) is 10.1 Å². The molecule has 0 unspecified atom stereocenters. The first kappa shape index (κ1) is 14.9. The van der Waals surface area contributed by atoms with Gasteiger partial charge in [-0.25, -0.2) is 9.78 Å². The standard InChI is InChI=1S/C14H9BrN2O4/c15-14-12(6-3-9-16-14)21-13(18)8-7-10-4-1-2-5-11(10)17(19)20/h1-9H. The molecular formula is C14H9BrN2O4. The van der Waals surface area contributed by atoms with E-state index in [4.69, 9.17) is 4.74 Å². The number of nitrogens with zero attached hydrogens (tertiary/aromatic N) is 2. The quantitative estimate of drug-likeness (QED) is 0.278. The van der Waals surface area contributed by atoms with Crippen LogP contribution in [0.2, 0.25) is 0 Å². The largest absolute Gasteiger partial charge is 0.420 e. The summed E-state index contributed by atoms with van der Waals surface area (Å²) in [5.41, 5.74) is 0.244. The Balaban J connectivity index is 2.13. The Labute approximate surface area is 128 Å². The maximum Gasteiger partial charge on any atom is 0.336 e. The second-order valence-corrected chi connectivity index (χ2v) is 4.61. The predicted octanol–water partition coefficient (Wildman–Crippen LogP) is 3.37. The number of esters is 1. The van der Waals surface area contributed by atoms with Gasteiger partial charge in [-0.1, -0.05) is 12.1 Å². The molecule has 0 spiro atoms. The van der Waals surface area contributed by atoms with E-state index in [0.29, 0.717) is 10.2 Å². The summed E-state index contributed by atoms with van der Waals surface area (Å²) in [6, 6.07) is 9.31. The Kier molecular flexibility index (Phi) is 4.78. The summed E-state index contributed by atoms with van der Waals surface area (Å²) in [6.45, 7) is 0. The fourth-order valence-corrected chi connectivity index (χ4v) is 1.87. The fraction of sp³-hybridized carbons (Fsp3) is 0. The molecule has 0 aliphatic heterocycles. The van der Waals surface area contributed by atoms with Gasteiger partial charge < -0.3 is 4.74 Å². The fourth-order valence-electron chi connectivity index (χ4n) is 1.54. The number of aromatic nitrogens is 1. The van der Waals surface area contributed by atoms with Gasteiger partial charge >= 0.3 is 5.97 Å². The lowest BCUT2D eigenvalue weighted by molar-refractivity contribution is -0.385. The van der Waals surface area contributed by atoms with E-state index in [1.54, 1.807) is 36.5 Å². The van der Waals surface area contributed by atoms with Gasteiger partial charge in [0.1, 0.15) is 4.60 Å². The van der Waals surface area contributed by atoms with Gasteiger partial charge in [-0.3, -0.25) is 10.1 Å². The first-order valence-electron chi connectivity index (χ1n) is 5.82. The minimum absolute atomic E-state index is 0.0795. The minimum Gasteiger partial charge on any atom is -0.420 e. The smallest absolute Gasteiger partial charge is 0.336 e. The Morgan fingerprint density at radius 3 is 2.76 bits per heavy atom. The van der Waals surface area contributed by atoms with Gasteiger partial charge in [0.25, 0.3) is 5.69 Å². The van der Waals surface area contributed by atoms with E-state index in [-0.39, 0.29) is 11.4 Å². The number of halogens is 1.